The van der Waals surface area contributed by atoms with E-state index in [1.165, 1.54) is 95.3 Å². The van der Waals surface area contributed by atoms with E-state index in [0.29, 0.717) is 0 Å². The summed E-state index contributed by atoms with van der Waals surface area (Å²) in [7, 11) is 0. The quantitative estimate of drug-likeness (QED) is 0.127. The van der Waals surface area contributed by atoms with E-state index in [1.54, 1.807) is 0 Å². The molecule has 0 saturated heterocycles. The third kappa shape index (κ3) is 4.04. The molecule has 0 spiro atoms. The van der Waals surface area contributed by atoms with Crippen LogP contribution in [0.1, 0.15) is 34.1 Å². The Balaban J connectivity index is 1.41. The van der Waals surface area contributed by atoms with Crippen LogP contribution < -0.4 is 0 Å². The van der Waals surface area contributed by atoms with Crippen molar-refractivity contribution in [1.29, 1.82) is 0 Å². The molecule has 0 N–H and O–H groups in total. The Morgan fingerprint density at radius 2 is 0.580 bits per heavy atom. The van der Waals surface area contributed by atoms with Gasteiger partial charge in [0.2, 0.25) is 41.5 Å². The molecule has 11 rings (SSSR count). The average Bonchev–Trinajstić information content (AvgIpc) is 3.18. The number of rotatable bonds is 2. The molecule has 0 bridgehead atoms. The van der Waals surface area contributed by atoms with Crippen molar-refractivity contribution in [3.05, 3.63) is 192 Å². The fourth-order valence-corrected chi connectivity index (χ4v) is 11.2. The van der Waals surface area contributed by atoms with Gasteiger partial charge in [-0.25, -0.2) is 0 Å². The Morgan fingerprint density at radius 1 is 0.280 bits per heavy atom. The first-order valence-electron chi connectivity index (χ1n) is 17.3. The minimum absolute atomic E-state index is 0.0608. The topological polar surface area (TPSA) is 0 Å². The van der Waals surface area contributed by atoms with Crippen LogP contribution >= 0.6 is 22.7 Å². The lowest BCUT2D eigenvalue weighted by Gasteiger charge is -2.38. The largest absolute Gasteiger partial charge is 0.239 e. The van der Waals surface area contributed by atoms with E-state index in [4.69, 9.17) is 0 Å². The van der Waals surface area contributed by atoms with Gasteiger partial charge in [0, 0.05) is 57.6 Å². The lowest BCUT2D eigenvalue weighted by molar-refractivity contribution is 0.705. The summed E-state index contributed by atoms with van der Waals surface area (Å²) < 4.78 is 5.32. The molecule has 0 amide bonds. The standard InChI is InChI=1S/C48H30S2/c1-3-15-31-29(13-1)25-27-37-43(31)44-32-16-4-2-14-30(32)26-28-38(44)48(46-35-19-7-11-23-41(35)50-42-24-12-8-20-36(42)46)47(37)45-33-17-5-9-21-39(33)49-40-22-10-6-18-34(40)45/h1-28,47-48H/q+2. The van der Waals surface area contributed by atoms with Gasteiger partial charge in [0.1, 0.15) is 0 Å². The van der Waals surface area contributed by atoms with E-state index in [9.17, 15) is 0 Å². The first-order valence-corrected chi connectivity index (χ1v) is 19.0. The molecule has 1 aliphatic carbocycles. The second-order valence-corrected chi connectivity index (χ2v) is 15.6. The fourth-order valence-electron chi connectivity index (χ4n) is 8.97. The van der Waals surface area contributed by atoms with Gasteiger partial charge in [-0.1, -0.05) is 121 Å². The van der Waals surface area contributed by atoms with E-state index in [1.807, 2.05) is 22.7 Å². The molecule has 8 aromatic carbocycles. The van der Waals surface area contributed by atoms with Crippen LogP contribution in [0.25, 0.3) is 73.0 Å². The third-order valence-electron chi connectivity index (χ3n) is 10.9. The molecule has 10 aromatic rings. The van der Waals surface area contributed by atoms with Crippen molar-refractivity contribution in [2.45, 2.75) is 11.8 Å². The molecule has 232 valence electrons. The number of hydrogen-bond donors (Lipinski definition) is 0. The highest BCUT2D eigenvalue weighted by Gasteiger charge is 2.42. The maximum absolute atomic E-state index is 2.47. The van der Waals surface area contributed by atoms with Crippen molar-refractivity contribution in [2.75, 3.05) is 0 Å². The van der Waals surface area contributed by atoms with Crippen molar-refractivity contribution < 1.29 is 0 Å². The van der Waals surface area contributed by atoms with Crippen molar-refractivity contribution >= 4 is 84.6 Å². The molecule has 0 aliphatic heterocycles. The normalized spacial score (nSPS) is 15.6. The molecule has 0 nitrogen and oxygen atoms in total. The van der Waals surface area contributed by atoms with Gasteiger partial charge in [-0.2, -0.15) is 0 Å². The predicted molar refractivity (Wildman–Crippen MR) is 218 cm³/mol. The molecule has 0 radical (unpaired) electrons. The summed E-state index contributed by atoms with van der Waals surface area (Å²) in [6.45, 7) is 0. The van der Waals surface area contributed by atoms with Crippen LogP contribution in [0.15, 0.2) is 170 Å². The Kier molecular flexibility index (Phi) is 6.22. The SMILES string of the molecule is c1ccc2c3c(ccc2c1)C(c1c2ccccc2[s+]c2ccccc12)C(c1c2ccccc2[s+]c2ccccc12)c1ccc2ccccc2c1-3. The summed E-state index contributed by atoms with van der Waals surface area (Å²) in [4.78, 5) is 0. The molecule has 1 aliphatic rings. The molecular weight excluding hydrogens is 641 g/mol. The van der Waals surface area contributed by atoms with Crippen LogP contribution in [-0.4, -0.2) is 0 Å². The van der Waals surface area contributed by atoms with E-state index in [2.05, 4.69) is 170 Å². The fraction of sp³-hybridized carbons (Fsp3) is 0.0417. The molecule has 2 unspecified atom stereocenters. The van der Waals surface area contributed by atoms with Gasteiger partial charge < -0.3 is 0 Å². The molecule has 2 heterocycles. The van der Waals surface area contributed by atoms with Gasteiger partial charge in [-0.05, 0) is 79.2 Å². The average molecular weight is 671 g/mol. The minimum atomic E-state index is 0.0608. The van der Waals surface area contributed by atoms with Gasteiger partial charge in [0.15, 0.2) is 0 Å². The zero-order valence-electron chi connectivity index (χ0n) is 27.1. The smallest absolute Gasteiger partial charge is 0.0616 e. The predicted octanol–water partition coefficient (Wildman–Crippen LogP) is 14.2. The van der Waals surface area contributed by atoms with Gasteiger partial charge in [0.05, 0.1) is 0 Å². The molecule has 50 heavy (non-hydrogen) atoms. The summed E-state index contributed by atoms with van der Waals surface area (Å²) in [6, 6.07) is 64.1. The molecule has 2 aromatic heterocycles. The van der Waals surface area contributed by atoms with E-state index < -0.39 is 0 Å². The van der Waals surface area contributed by atoms with Crippen LogP contribution in [0, 0.1) is 0 Å². The second kappa shape index (κ2) is 11.0. The lowest BCUT2D eigenvalue weighted by atomic mass is 9.63. The molecule has 2 heteroatoms. The van der Waals surface area contributed by atoms with Crippen LogP contribution in [0.5, 0.6) is 0 Å². The Morgan fingerprint density at radius 3 is 0.940 bits per heavy atom. The van der Waals surface area contributed by atoms with Crippen molar-refractivity contribution in [2.24, 2.45) is 0 Å². The van der Waals surface area contributed by atoms with E-state index in [0.717, 1.165) is 0 Å². The van der Waals surface area contributed by atoms with Gasteiger partial charge in [0.25, 0.3) is 0 Å². The monoisotopic (exact) mass is 670 g/mol. The van der Waals surface area contributed by atoms with Crippen molar-refractivity contribution in [1.82, 2.24) is 0 Å². The summed E-state index contributed by atoms with van der Waals surface area (Å²) in [5.74, 6) is 0.122. The maximum Gasteiger partial charge on any atom is 0.239 e. The first kappa shape index (κ1) is 28.3. The highest BCUT2D eigenvalue weighted by molar-refractivity contribution is 7.25. The Bertz CT molecular complexity index is 2700. The number of benzene rings is 8. The molecule has 0 fully saturated rings. The van der Waals surface area contributed by atoms with Gasteiger partial charge >= 0.3 is 0 Å². The van der Waals surface area contributed by atoms with Crippen LogP contribution in [-0.2, 0) is 0 Å². The first-order chi connectivity index (χ1) is 24.8. The van der Waals surface area contributed by atoms with E-state index >= 15 is 0 Å². The highest BCUT2D eigenvalue weighted by Crippen LogP contribution is 2.59. The zero-order chi connectivity index (χ0) is 32.8. The number of hydrogen-bond acceptors (Lipinski definition) is 0. The lowest BCUT2D eigenvalue weighted by Crippen LogP contribution is -2.22. The van der Waals surface area contributed by atoms with Crippen molar-refractivity contribution in [3.63, 3.8) is 0 Å². The van der Waals surface area contributed by atoms with Gasteiger partial charge in [-0.15, -0.1) is 0 Å². The van der Waals surface area contributed by atoms with Crippen LogP contribution in [0.2, 0.25) is 0 Å². The summed E-state index contributed by atoms with van der Waals surface area (Å²) in [5, 5.41) is 10.6. The highest BCUT2D eigenvalue weighted by atomic mass is 32.1. The Labute approximate surface area is 298 Å². The Hall–Kier alpha value is -5.54. The summed E-state index contributed by atoms with van der Waals surface area (Å²) in [5.41, 5.74) is 8.43. The van der Waals surface area contributed by atoms with Crippen molar-refractivity contribution in [3.8, 4) is 11.1 Å². The summed E-state index contributed by atoms with van der Waals surface area (Å²) in [6.07, 6.45) is 0. The zero-order valence-corrected chi connectivity index (χ0v) is 28.8. The molecule has 2 atom stereocenters. The number of fused-ring (bicyclic) bond motifs is 11. The minimum Gasteiger partial charge on any atom is -0.0616 e. The van der Waals surface area contributed by atoms with E-state index in [-0.39, 0.29) is 11.8 Å². The molecular formula is C48H30S2+2. The third-order valence-corrected chi connectivity index (χ3v) is 13.3. The molecule has 0 saturated carbocycles. The van der Waals surface area contributed by atoms with Gasteiger partial charge in [-0.3, -0.25) is 0 Å². The second-order valence-electron chi connectivity index (χ2n) is 13.5. The maximum atomic E-state index is 2.47. The van der Waals surface area contributed by atoms with Crippen LogP contribution in [0.3, 0.4) is 0 Å². The van der Waals surface area contributed by atoms with Crippen LogP contribution in [0.4, 0.5) is 0 Å². The summed E-state index contributed by atoms with van der Waals surface area (Å²) >= 11 is 3.81.